The molecule has 18 heavy (non-hydrogen) atoms. The molecule has 1 saturated carbocycles. The van der Waals surface area contributed by atoms with Crippen molar-refractivity contribution >= 4 is 11.6 Å². The second kappa shape index (κ2) is 4.71. The van der Waals surface area contributed by atoms with Crippen LogP contribution in [0.3, 0.4) is 0 Å². The topological polar surface area (TPSA) is 29.1 Å². The fraction of sp³-hybridized carbons (Fsp3) is 0.533. The molecule has 1 atom stereocenters. The molecule has 0 saturated heterocycles. The number of amides is 1. The molecule has 2 aliphatic rings. The lowest BCUT2D eigenvalue weighted by atomic mass is 9.73. The zero-order valence-electron chi connectivity index (χ0n) is 10.4. The molecule has 0 spiro atoms. The maximum absolute atomic E-state index is 13.2. The molecule has 0 bridgehead atoms. The number of hydrogen-bond donors (Lipinski definition) is 1. The molecule has 1 N–H and O–H groups in total. The molecule has 1 heterocycles. The summed E-state index contributed by atoms with van der Waals surface area (Å²) in [5, 5.41) is 2.79. The standard InChI is InChI=1S/C15H18FNO/c16-11-6-7-12-13(10-4-2-1-3-5-10)9-15(18)17-14(12)8-11/h6-8,10,13H,1-5,9H2,(H,17,18). The molecular formula is C15H18FNO. The van der Waals surface area contributed by atoms with Crippen molar-refractivity contribution in [1.29, 1.82) is 0 Å². The van der Waals surface area contributed by atoms with Gasteiger partial charge in [0.2, 0.25) is 5.91 Å². The number of carbonyl (C=O) groups is 1. The molecule has 2 nitrogen and oxygen atoms in total. The first-order chi connectivity index (χ1) is 8.74. The number of fused-ring (bicyclic) bond motifs is 1. The van der Waals surface area contributed by atoms with E-state index >= 15 is 0 Å². The number of halogens is 1. The number of nitrogens with one attached hydrogen (secondary N) is 1. The lowest BCUT2D eigenvalue weighted by molar-refractivity contribution is -0.117. The second-order valence-electron chi connectivity index (χ2n) is 5.49. The van der Waals surface area contributed by atoms with Crippen LogP contribution in [0.5, 0.6) is 0 Å². The van der Waals surface area contributed by atoms with Gasteiger partial charge in [0.25, 0.3) is 0 Å². The van der Waals surface area contributed by atoms with Crippen molar-refractivity contribution in [3.63, 3.8) is 0 Å². The average molecular weight is 247 g/mol. The molecule has 1 amide bonds. The predicted octanol–water partition coefficient (Wildman–Crippen LogP) is 3.83. The van der Waals surface area contributed by atoms with Gasteiger partial charge < -0.3 is 5.32 Å². The molecule has 1 unspecified atom stereocenters. The van der Waals surface area contributed by atoms with Crippen LogP contribution >= 0.6 is 0 Å². The molecule has 0 radical (unpaired) electrons. The van der Waals surface area contributed by atoms with Gasteiger partial charge in [0.05, 0.1) is 0 Å². The van der Waals surface area contributed by atoms with Crippen LogP contribution in [0.25, 0.3) is 0 Å². The van der Waals surface area contributed by atoms with Gasteiger partial charge in [0, 0.05) is 12.1 Å². The highest BCUT2D eigenvalue weighted by Crippen LogP contribution is 2.43. The fourth-order valence-electron chi connectivity index (χ4n) is 3.43. The third-order valence-corrected chi connectivity index (χ3v) is 4.31. The summed E-state index contributed by atoms with van der Waals surface area (Å²) >= 11 is 0. The monoisotopic (exact) mass is 247 g/mol. The molecule has 96 valence electrons. The molecular weight excluding hydrogens is 229 g/mol. The Labute approximate surface area is 107 Å². The van der Waals surface area contributed by atoms with Crippen LogP contribution in [0, 0.1) is 11.7 Å². The maximum atomic E-state index is 13.2. The van der Waals surface area contributed by atoms with Gasteiger partial charge in [-0.15, -0.1) is 0 Å². The summed E-state index contributed by atoms with van der Waals surface area (Å²) in [4.78, 5) is 11.8. The molecule has 1 aliphatic carbocycles. The average Bonchev–Trinajstić information content (AvgIpc) is 2.38. The SMILES string of the molecule is O=C1CC(C2CCCCC2)c2ccc(F)cc2N1. The maximum Gasteiger partial charge on any atom is 0.225 e. The van der Waals surface area contributed by atoms with Crippen LogP contribution in [0.15, 0.2) is 18.2 Å². The summed E-state index contributed by atoms with van der Waals surface area (Å²) in [5.74, 6) is 0.630. The fourth-order valence-corrected chi connectivity index (χ4v) is 3.43. The van der Waals surface area contributed by atoms with E-state index in [0.717, 1.165) is 5.56 Å². The summed E-state index contributed by atoms with van der Waals surface area (Å²) in [6.45, 7) is 0. The highest BCUT2D eigenvalue weighted by atomic mass is 19.1. The lowest BCUT2D eigenvalue weighted by Gasteiger charge is -2.34. The Balaban J connectivity index is 1.93. The third kappa shape index (κ3) is 2.14. The molecule has 1 aromatic rings. The van der Waals surface area contributed by atoms with Crippen molar-refractivity contribution < 1.29 is 9.18 Å². The van der Waals surface area contributed by atoms with E-state index in [2.05, 4.69) is 5.32 Å². The normalized spacial score (nSPS) is 24.5. The Morgan fingerprint density at radius 3 is 2.72 bits per heavy atom. The first-order valence-corrected chi connectivity index (χ1v) is 6.83. The highest BCUT2D eigenvalue weighted by molar-refractivity contribution is 5.94. The predicted molar refractivity (Wildman–Crippen MR) is 69.0 cm³/mol. The molecule has 1 aromatic carbocycles. The molecule has 1 aliphatic heterocycles. The zero-order valence-corrected chi connectivity index (χ0v) is 10.4. The zero-order chi connectivity index (χ0) is 12.5. The summed E-state index contributed by atoms with van der Waals surface area (Å²) in [5.41, 5.74) is 1.81. The summed E-state index contributed by atoms with van der Waals surface area (Å²) in [6, 6.07) is 4.80. The van der Waals surface area contributed by atoms with Crippen molar-refractivity contribution in [2.75, 3.05) is 5.32 Å². The highest BCUT2D eigenvalue weighted by Gasteiger charge is 2.32. The largest absolute Gasteiger partial charge is 0.326 e. The van der Waals surface area contributed by atoms with E-state index < -0.39 is 0 Å². The molecule has 1 fully saturated rings. The van der Waals surface area contributed by atoms with Crippen LogP contribution in [0.1, 0.15) is 50.0 Å². The Hall–Kier alpha value is -1.38. The van der Waals surface area contributed by atoms with Crippen LogP contribution in [0.4, 0.5) is 10.1 Å². The van der Waals surface area contributed by atoms with Gasteiger partial charge in [-0.3, -0.25) is 4.79 Å². The quantitative estimate of drug-likeness (QED) is 0.802. The minimum Gasteiger partial charge on any atom is -0.326 e. The number of benzene rings is 1. The molecule has 3 rings (SSSR count). The van der Waals surface area contributed by atoms with Crippen LogP contribution in [0.2, 0.25) is 0 Å². The molecule has 0 aromatic heterocycles. The smallest absolute Gasteiger partial charge is 0.225 e. The Morgan fingerprint density at radius 2 is 1.94 bits per heavy atom. The van der Waals surface area contributed by atoms with E-state index in [0.29, 0.717) is 18.0 Å². The van der Waals surface area contributed by atoms with Crippen molar-refractivity contribution in [2.45, 2.75) is 44.4 Å². The van der Waals surface area contributed by atoms with Gasteiger partial charge in [-0.25, -0.2) is 4.39 Å². The van der Waals surface area contributed by atoms with Crippen molar-refractivity contribution in [3.05, 3.63) is 29.6 Å². The molecule has 3 heteroatoms. The van der Waals surface area contributed by atoms with Crippen LogP contribution in [-0.4, -0.2) is 5.91 Å². The first-order valence-electron chi connectivity index (χ1n) is 6.83. The number of carbonyl (C=O) groups excluding carboxylic acids is 1. The summed E-state index contributed by atoms with van der Waals surface area (Å²) in [7, 11) is 0. The van der Waals surface area contributed by atoms with Gasteiger partial charge in [0.1, 0.15) is 5.82 Å². The van der Waals surface area contributed by atoms with E-state index in [1.54, 1.807) is 0 Å². The van der Waals surface area contributed by atoms with E-state index in [9.17, 15) is 9.18 Å². The lowest BCUT2D eigenvalue weighted by Crippen LogP contribution is -2.28. The third-order valence-electron chi connectivity index (χ3n) is 4.31. The Kier molecular flexibility index (Phi) is 3.06. The number of rotatable bonds is 1. The minimum atomic E-state index is -0.279. The number of anilines is 1. The van der Waals surface area contributed by atoms with Crippen molar-refractivity contribution in [1.82, 2.24) is 0 Å². The Bertz CT molecular complexity index is 466. The minimum absolute atomic E-state index is 0.0312. The van der Waals surface area contributed by atoms with Crippen LogP contribution in [-0.2, 0) is 4.79 Å². The van der Waals surface area contributed by atoms with Gasteiger partial charge in [-0.2, -0.15) is 0 Å². The van der Waals surface area contributed by atoms with Gasteiger partial charge in [0.15, 0.2) is 0 Å². The number of hydrogen-bond acceptors (Lipinski definition) is 1. The summed E-state index contributed by atoms with van der Waals surface area (Å²) in [6.07, 6.45) is 6.80. The Morgan fingerprint density at radius 1 is 1.17 bits per heavy atom. The van der Waals surface area contributed by atoms with E-state index in [4.69, 9.17) is 0 Å². The van der Waals surface area contributed by atoms with Gasteiger partial charge in [-0.05, 0) is 42.4 Å². The van der Waals surface area contributed by atoms with E-state index in [1.165, 1.54) is 44.2 Å². The van der Waals surface area contributed by atoms with Crippen molar-refractivity contribution in [3.8, 4) is 0 Å². The van der Waals surface area contributed by atoms with Gasteiger partial charge in [-0.1, -0.05) is 25.3 Å². The summed E-state index contributed by atoms with van der Waals surface area (Å²) < 4.78 is 13.2. The van der Waals surface area contributed by atoms with E-state index in [1.807, 2.05) is 6.07 Å². The second-order valence-corrected chi connectivity index (χ2v) is 5.49. The van der Waals surface area contributed by atoms with Gasteiger partial charge >= 0.3 is 0 Å². The first kappa shape index (κ1) is 11.7. The van der Waals surface area contributed by atoms with Crippen LogP contribution < -0.4 is 5.32 Å². The van der Waals surface area contributed by atoms with Crippen molar-refractivity contribution in [2.24, 2.45) is 5.92 Å². The van der Waals surface area contributed by atoms with E-state index in [-0.39, 0.29) is 17.6 Å².